The number of urea groups is 1. The van der Waals surface area contributed by atoms with E-state index >= 15 is 0 Å². The van der Waals surface area contributed by atoms with E-state index in [-0.39, 0.29) is 6.03 Å². The van der Waals surface area contributed by atoms with Crippen molar-refractivity contribution >= 4 is 28.4 Å². The number of carbonyl (C=O) groups is 1. The third-order valence-electron chi connectivity index (χ3n) is 5.31. The summed E-state index contributed by atoms with van der Waals surface area (Å²) in [5.41, 5.74) is 4.78. The van der Waals surface area contributed by atoms with Crippen molar-refractivity contribution in [3.8, 4) is 0 Å². The lowest BCUT2D eigenvalue weighted by molar-refractivity contribution is 0.220. The lowest BCUT2D eigenvalue weighted by Gasteiger charge is -2.24. The number of para-hydroxylation sites is 1. The number of anilines is 2. The van der Waals surface area contributed by atoms with Gasteiger partial charge in [-0.1, -0.05) is 18.2 Å². The number of pyridine rings is 1. The minimum Gasteiger partial charge on any atom is -0.371 e. The molecule has 0 bridgehead atoms. The van der Waals surface area contributed by atoms with Gasteiger partial charge in [0, 0.05) is 44.8 Å². The van der Waals surface area contributed by atoms with E-state index < -0.39 is 0 Å². The topological polar surface area (TPSA) is 66.3 Å². The van der Waals surface area contributed by atoms with Crippen molar-refractivity contribution in [1.29, 1.82) is 0 Å². The van der Waals surface area contributed by atoms with Gasteiger partial charge in [0.05, 0.1) is 17.6 Å². The van der Waals surface area contributed by atoms with Gasteiger partial charge < -0.3 is 15.1 Å². The van der Waals surface area contributed by atoms with E-state index in [4.69, 9.17) is 0 Å². The first-order valence-corrected chi connectivity index (χ1v) is 9.67. The highest BCUT2D eigenvalue weighted by atomic mass is 16.2. The van der Waals surface area contributed by atoms with Crippen molar-refractivity contribution < 1.29 is 4.79 Å². The number of aryl methyl sites for hydroxylation is 2. The molecule has 4 rings (SSSR count). The highest BCUT2D eigenvalue weighted by Crippen LogP contribution is 2.26. The number of benzene rings is 1. The smallest absolute Gasteiger partial charge is 0.321 e. The molecule has 0 atom stereocenters. The van der Waals surface area contributed by atoms with Crippen LogP contribution >= 0.6 is 0 Å². The van der Waals surface area contributed by atoms with Crippen LogP contribution in [-0.4, -0.2) is 45.8 Å². The predicted molar refractivity (Wildman–Crippen MR) is 112 cm³/mol. The first-order chi connectivity index (χ1) is 13.5. The highest BCUT2D eigenvalue weighted by molar-refractivity contribution is 5.92. The van der Waals surface area contributed by atoms with Crippen LogP contribution in [0.1, 0.15) is 24.1 Å². The quantitative estimate of drug-likeness (QED) is 0.754. The van der Waals surface area contributed by atoms with Crippen molar-refractivity contribution in [1.82, 2.24) is 19.7 Å². The molecule has 0 saturated carbocycles. The van der Waals surface area contributed by atoms with Crippen LogP contribution in [0.3, 0.4) is 0 Å². The average Bonchev–Trinajstić information content (AvgIpc) is 3.31. The predicted octanol–water partition coefficient (Wildman–Crippen LogP) is 3.54. The summed E-state index contributed by atoms with van der Waals surface area (Å²) in [4.78, 5) is 21.3. The van der Waals surface area contributed by atoms with Gasteiger partial charge in [-0.15, -0.1) is 0 Å². The third-order valence-corrected chi connectivity index (χ3v) is 5.31. The molecule has 1 aliphatic rings. The lowest BCUT2D eigenvalue weighted by atomic mass is 10.1. The normalized spacial score (nSPS) is 13.9. The van der Waals surface area contributed by atoms with Gasteiger partial charge in [-0.25, -0.2) is 9.78 Å². The summed E-state index contributed by atoms with van der Waals surface area (Å²) >= 11 is 0. The van der Waals surface area contributed by atoms with E-state index in [1.165, 1.54) is 24.1 Å². The first kappa shape index (κ1) is 18.3. The zero-order valence-electron chi connectivity index (χ0n) is 16.6. The van der Waals surface area contributed by atoms with Gasteiger partial charge in [-0.05, 0) is 37.5 Å². The maximum Gasteiger partial charge on any atom is 0.321 e. The van der Waals surface area contributed by atoms with Crippen LogP contribution in [-0.2, 0) is 13.6 Å². The third kappa shape index (κ3) is 3.52. The Morgan fingerprint density at radius 3 is 2.79 bits per heavy atom. The molecule has 1 aromatic carbocycles. The molecule has 2 aromatic heterocycles. The Balaban J connectivity index is 1.48. The molecule has 7 heteroatoms. The van der Waals surface area contributed by atoms with Crippen LogP contribution in [0, 0.1) is 6.92 Å². The zero-order valence-corrected chi connectivity index (χ0v) is 16.6. The maximum atomic E-state index is 12.7. The number of amides is 2. The number of rotatable bonds is 4. The Morgan fingerprint density at radius 1 is 1.25 bits per heavy atom. The molecule has 7 nitrogen and oxygen atoms in total. The van der Waals surface area contributed by atoms with Gasteiger partial charge in [0.1, 0.15) is 0 Å². The fraction of sp³-hybridized carbons (Fsp3) is 0.381. The Hall–Kier alpha value is -3.09. The molecule has 28 heavy (non-hydrogen) atoms. The molecule has 0 radical (unpaired) electrons. The van der Waals surface area contributed by atoms with E-state index in [9.17, 15) is 4.79 Å². The summed E-state index contributed by atoms with van der Waals surface area (Å²) in [6, 6.07) is 10.1. The molecule has 2 amide bonds. The summed E-state index contributed by atoms with van der Waals surface area (Å²) in [7, 11) is 3.68. The van der Waals surface area contributed by atoms with Gasteiger partial charge in [0.2, 0.25) is 0 Å². The van der Waals surface area contributed by atoms with E-state index in [2.05, 4.69) is 38.5 Å². The molecule has 1 fully saturated rings. The summed E-state index contributed by atoms with van der Waals surface area (Å²) in [5.74, 6) is 0. The minimum absolute atomic E-state index is 0.154. The average molecular weight is 378 g/mol. The Morgan fingerprint density at radius 2 is 2.00 bits per heavy atom. The van der Waals surface area contributed by atoms with Crippen LogP contribution in [0.4, 0.5) is 16.2 Å². The second kappa shape index (κ2) is 7.50. The number of hydrogen-bond donors (Lipinski definition) is 1. The molecule has 1 N–H and O–H groups in total. The number of aromatic nitrogens is 3. The zero-order chi connectivity index (χ0) is 19.7. The van der Waals surface area contributed by atoms with Crippen LogP contribution in [0.2, 0.25) is 0 Å². The van der Waals surface area contributed by atoms with E-state index in [1.807, 2.05) is 33.2 Å². The van der Waals surface area contributed by atoms with Gasteiger partial charge in [0.15, 0.2) is 5.65 Å². The molecule has 0 spiro atoms. The Kier molecular flexibility index (Phi) is 4.90. The van der Waals surface area contributed by atoms with Crippen molar-refractivity contribution in [3.63, 3.8) is 0 Å². The molecule has 1 saturated heterocycles. The Labute approximate surface area is 165 Å². The number of fused-ring (bicyclic) bond motifs is 1. The van der Waals surface area contributed by atoms with Crippen LogP contribution in [0.5, 0.6) is 0 Å². The van der Waals surface area contributed by atoms with Crippen molar-refractivity contribution in [2.45, 2.75) is 26.3 Å². The van der Waals surface area contributed by atoms with Crippen molar-refractivity contribution in [2.75, 3.05) is 30.4 Å². The van der Waals surface area contributed by atoms with Gasteiger partial charge >= 0.3 is 6.03 Å². The summed E-state index contributed by atoms with van der Waals surface area (Å²) < 4.78 is 1.75. The number of carbonyl (C=O) groups excluding carboxylic acids is 1. The molecule has 146 valence electrons. The standard InChI is InChI=1S/C21H26N6O/c1-15-18-12-17(13-22-20(18)26(3)24-15)23-21(28)25(2)14-16-8-4-5-9-19(16)27-10-6-7-11-27/h4-5,8-9,12-13H,6-7,10-11,14H2,1-3H3,(H,23,28). The maximum absolute atomic E-state index is 12.7. The fourth-order valence-corrected chi connectivity index (χ4v) is 3.83. The van der Waals surface area contributed by atoms with Crippen molar-refractivity contribution in [3.05, 3.63) is 47.8 Å². The van der Waals surface area contributed by atoms with Gasteiger partial charge in [-0.3, -0.25) is 4.68 Å². The number of hydrogen-bond acceptors (Lipinski definition) is 4. The number of nitrogens with zero attached hydrogens (tertiary/aromatic N) is 5. The van der Waals surface area contributed by atoms with Crippen LogP contribution in [0.15, 0.2) is 36.5 Å². The Bertz CT molecular complexity index is 1010. The molecular formula is C21H26N6O. The molecule has 0 aliphatic carbocycles. The van der Waals surface area contributed by atoms with Crippen molar-refractivity contribution in [2.24, 2.45) is 7.05 Å². The van der Waals surface area contributed by atoms with E-state index in [0.717, 1.165) is 29.8 Å². The highest BCUT2D eigenvalue weighted by Gasteiger charge is 2.18. The minimum atomic E-state index is -0.154. The number of nitrogens with one attached hydrogen (secondary N) is 1. The summed E-state index contributed by atoms with van der Waals surface area (Å²) in [5, 5.41) is 8.28. The van der Waals surface area contributed by atoms with Crippen LogP contribution < -0.4 is 10.2 Å². The summed E-state index contributed by atoms with van der Waals surface area (Å²) in [6.07, 6.45) is 4.13. The second-order valence-electron chi connectivity index (χ2n) is 7.41. The van der Waals surface area contributed by atoms with Gasteiger partial charge in [0.25, 0.3) is 0 Å². The van der Waals surface area contributed by atoms with Gasteiger partial charge in [-0.2, -0.15) is 5.10 Å². The van der Waals surface area contributed by atoms with E-state index in [1.54, 1.807) is 15.8 Å². The van der Waals surface area contributed by atoms with Crippen LogP contribution in [0.25, 0.3) is 11.0 Å². The first-order valence-electron chi connectivity index (χ1n) is 9.67. The molecule has 3 aromatic rings. The second-order valence-corrected chi connectivity index (χ2v) is 7.41. The molecule has 3 heterocycles. The largest absolute Gasteiger partial charge is 0.371 e. The molecular weight excluding hydrogens is 352 g/mol. The molecule has 0 unspecified atom stereocenters. The molecule has 1 aliphatic heterocycles. The fourth-order valence-electron chi connectivity index (χ4n) is 3.83. The SMILES string of the molecule is Cc1nn(C)c2ncc(NC(=O)N(C)Cc3ccccc3N3CCCC3)cc12. The van der Waals surface area contributed by atoms with E-state index in [0.29, 0.717) is 12.2 Å². The summed E-state index contributed by atoms with van der Waals surface area (Å²) in [6.45, 7) is 4.67. The monoisotopic (exact) mass is 378 g/mol. The lowest BCUT2D eigenvalue weighted by Crippen LogP contribution is -2.31.